The summed E-state index contributed by atoms with van der Waals surface area (Å²) in [5.74, 6) is -0.872. The molecule has 144 valence electrons. The van der Waals surface area contributed by atoms with Gasteiger partial charge in [0.25, 0.3) is 5.91 Å². The number of nitrogens with zero attached hydrogens (tertiary/aromatic N) is 2. The second-order valence-corrected chi connectivity index (χ2v) is 6.59. The van der Waals surface area contributed by atoms with E-state index >= 15 is 0 Å². The first-order valence-electron chi connectivity index (χ1n) is 8.86. The summed E-state index contributed by atoms with van der Waals surface area (Å²) in [6, 6.07) is 7.27. The maximum Gasteiger partial charge on any atom is 0.354 e. The quantitative estimate of drug-likeness (QED) is 0.579. The van der Waals surface area contributed by atoms with E-state index < -0.39 is 5.97 Å². The summed E-state index contributed by atoms with van der Waals surface area (Å²) in [6.45, 7) is 7.66. The molecule has 6 heteroatoms. The van der Waals surface area contributed by atoms with E-state index in [0.717, 1.165) is 5.56 Å². The number of ether oxygens (including phenoxy) is 1. The number of methoxy groups -OCH3 is 1. The smallest absolute Gasteiger partial charge is 0.354 e. The fourth-order valence-electron chi connectivity index (χ4n) is 3.23. The molecular formula is C21H26N2O4. The Hall–Kier alpha value is -2.89. The summed E-state index contributed by atoms with van der Waals surface area (Å²) in [7, 11) is 3.03. The standard InChI is InChI=1S/C21H26N2O4/c1-7-23(20(25)16-10-8-13(2)9-11-16)12-17(24)18-14(3)19(21(26)27-6)22(5)15(18)4/h8-11H,7,12H2,1-6H3. The Balaban J connectivity index is 2.31. The van der Waals surface area contributed by atoms with Crippen molar-refractivity contribution in [1.82, 2.24) is 9.47 Å². The Kier molecular flexibility index (Phi) is 6.20. The molecule has 0 N–H and O–H groups in total. The number of hydrogen-bond donors (Lipinski definition) is 0. The van der Waals surface area contributed by atoms with Gasteiger partial charge in [-0.2, -0.15) is 0 Å². The van der Waals surface area contributed by atoms with Gasteiger partial charge in [-0.15, -0.1) is 0 Å². The number of ketones is 1. The van der Waals surface area contributed by atoms with E-state index in [2.05, 4.69) is 0 Å². The molecule has 2 rings (SSSR count). The van der Waals surface area contributed by atoms with Gasteiger partial charge < -0.3 is 14.2 Å². The number of aryl methyl sites for hydroxylation is 1. The third kappa shape index (κ3) is 3.94. The number of esters is 1. The fraction of sp³-hybridized carbons (Fsp3) is 0.381. The van der Waals surface area contributed by atoms with E-state index in [-0.39, 0.29) is 18.2 Å². The molecule has 1 aromatic carbocycles. The van der Waals surface area contributed by atoms with Crippen molar-refractivity contribution >= 4 is 17.7 Å². The van der Waals surface area contributed by atoms with Crippen LogP contribution in [0.25, 0.3) is 0 Å². The minimum Gasteiger partial charge on any atom is -0.464 e. The van der Waals surface area contributed by atoms with Crippen molar-refractivity contribution in [2.75, 3.05) is 20.2 Å². The molecule has 0 saturated carbocycles. The van der Waals surface area contributed by atoms with Gasteiger partial charge in [-0.1, -0.05) is 17.7 Å². The minimum atomic E-state index is -0.486. The van der Waals surface area contributed by atoms with Gasteiger partial charge in [0.2, 0.25) is 0 Å². The number of hydrogen-bond acceptors (Lipinski definition) is 4. The highest BCUT2D eigenvalue weighted by molar-refractivity contribution is 6.06. The minimum absolute atomic E-state index is 0.0461. The summed E-state index contributed by atoms with van der Waals surface area (Å²) in [5, 5.41) is 0. The van der Waals surface area contributed by atoms with Crippen LogP contribution in [0.5, 0.6) is 0 Å². The van der Waals surface area contributed by atoms with Crippen molar-refractivity contribution in [2.45, 2.75) is 27.7 Å². The highest BCUT2D eigenvalue weighted by atomic mass is 16.5. The largest absolute Gasteiger partial charge is 0.464 e. The van der Waals surface area contributed by atoms with Gasteiger partial charge in [0.15, 0.2) is 5.78 Å². The predicted molar refractivity (Wildman–Crippen MR) is 103 cm³/mol. The average Bonchev–Trinajstić information content (AvgIpc) is 2.88. The molecule has 6 nitrogen and oxygen atoms in total. The molecular weight excluding hydrogens is 344 g/mol. The normalized spacial score (nSPS) is 10.6. The number of likely N-dealkylation sites (N-methyl/N-ethyl adjacent to an activating group) is 1. The third-order valence-corrected chi connectivity index (χ3v) is 4.89. The second kappa shape index (κ2) is 8.20. The molecule has 0 atom stereocenters. The van der Waals surface area contributed by atoms with Crippen LogP contribution in [0.1, 0.15) is 54.9 Å². The lowest BCUT2D eigenvalue weighted by atomic mass is 10.0. The number of amides is 1. The van der Waals surface area contributed by atoms with Crippen LogP contribution in [0.2, 0.25) is 0 Å². The first-order valence-corrected chi connectivity index (χ1v) is 8.86. The van der Waals surface area contributed by atoms with Gasteiger partial charge in [-0.05, 0) is 45.4 Å². The summed E-state index contributed by atoms with van der Waals surface area (Å²) >= 11 is 0. The Morgan fingerprint density at radius 1 is 1.07 bits per heavy atom. The Bertz CT molecular complexity index is 879. The molecule has 0 saturated heterocycles. The number of Topliss-reactive ketones (excluding diaryl/α,β-unsaturated/α-hetero) is 1. The van der Waals surface area contributed by atoms with Crippen LogP contribution in [-0.4, -0.2) is 47.3 Å². The zero-order valence-electron chi connectivity index (χ0n) is 16.8. The molecule has 1 amide bonds. The van der Waals surface area contributed by atoms with E-state index in [4.69, 9.17) is 4.74 Å². The maximum atomic E-state index is 13.0. The molecule has 0 aliphatic carbocycles. The monoisotopic (exact) mass is 370 g/mol. The predicted octanol–water partition coefficient (Wildman–Crippen LogP) is 3.08. The molecule has 1 heterocycles. The van der Waals surface area contributed by atoms with E-state index in [1.54, 1.807) is 37.6 Å². The van der Waals surface area contributed by atoms with Gasteiger partial charge in [-0.3, -0.25) is 9.59 Å². The molecule has 0 bridgehead atoms. The average molecular weight is 370 g/mol. The van der Waals surface area contributed by atoms with Gasteiger partial charge >= 0.3 is 5.97 Å². The number of rotatable bonds is 6. The van der Waals surface area contributed by atoms with E-state index in [1.807, 2.05) is 26.0 Å². The zero-order valence-corrected chi connectivity index (χ0v) is 16.8. The van der Waals surface area contributed by atoms with E-state index in [0.29, 0.717) is 34.6 Å². The zero-order chi connectivity index (χ0) is 20.3. The van der Waals surface area contributed by atoms with Gasteiger partial charge in [0.05, 0.1) is 13.7 Å². The summed E-state index contributed by atoms with van der Waals surface area (Å²) in [5.41, 5.74) is 3.69. The Morgan fingerprint density at radius 3 is 2.19 bits per heavy atom. The first-order chi connectivity index (χ1) is 12.7. The number of benzene rings is 1. The number of aromatic nitrogens is 1. The topological polar surface area (TPSA) is 68.6 Å². The number of carbonyl (C=O) groups is 3. The Labute approximate surface area is 159 Å². The van der Waals surface area contributed by atoms with E-state index in [9.17, 15) is 14.4 Å². The molecule has 1 aromatic heterocycles. The molecule has 0 unspecified atom stereocenters. The van der Waals surface area contributed by atoms with Crippen molar-refractivity contribution in [3.8, 4) is 0 Å². The van der Waals surface area contributed by atoms with Gasteiger partial charge in [-0.25, -0.2) is 4.79 Å². The highest BCUT2D eigenvalue weighted by Gasteiger charge is 2.27. The van der Waals surface area contributed by atoms with Crippen LogP contribution in [0.4, 0.5) is 0 Å². The van der Waals surface area contributed by atoms with Crippen molar-refractivity contribution in [3.63, 3.8) is 0 Å². The van der Waals surface area contributed by atoms with Crippen molar-refractivity contribution in [2.24, 2.45) is 7.05 Å². The van der Waals surface area contributed by atoms with Crippen molar-refractivity contribution < 1.29 is 19.1 Å². The van der Waals surface area contributed by atoms with Gasteiger partial charge in [0, 0.05) is 30.4 Å². The Morgan fingerprint density at radius 2 is 1.67 bits per heavy atom. The summed E-state index contributed by atoms with van der Waals surface area (Å²) in [6.07, 6.45) is 0. The molecule has 0 fully saturated rings. The maximum absolute atomic E-state index is 13.0. The summed E-state index contributed by atoms with van der Waals surface area (Å²) < 4.78 is 6.48. The van der Waals surface area contributed by atoms with Crippen LogP contribution >= 0.6 is 0 Å². The summed E-state index contributed by atoms with van der Waals surface area (Å²) in [4.78, 5) is 39.2. The second-order valence-electron chi connectivity index (χ2n) is 6.59. The fourth-order valence-corrected chi connectivity index (χ4v) is 3.23. The van der Waals surface area contributed by atoms with Crippen LogP contribution < -0.4 is 0 Å². The molecule has 0 aliphatic heterocycles. The van der Waals surface area contributed by atoms with Crippen LogP contribution in [0, 0.1) is 20.8 Å². The van der Waals surface area contributed by atoms with E-state index in [1.165, 1.54) is 12.0 Å². The van der Waals surface area contributed by atoms with Gasteiger partial charge in [0.1, 0.15) is 5.69 Å². The highest BCUT2D eigenvalue weighted by Crippen LogP contribution is 2.23. The number of carbonyl (C=O) groups excluding carboxylic acids is 3. The van der Waals surface area contributed by atoms with Crippen molar-refractivity contribution in [3.05, 3.63) is 57.9 Å². The van der Waals surface area contributed by atoms with Crippen LogP contribution in [0.15, 0.2) is 24.3 Å². The molecule has 0 aliphatic rings. The van der Waals surface area contributed by atoms with Crippen molar-refractivity contribution in [1.29, 1.82) is 0 Å². The molecule has 2 aromatic rings. The SMILES string of the molecule is CCN(CC(=O)c1c(C)c(C(=O)OC)n(C)c1C)C(=O)c1ccc(C)cc1. The van der Waals surface area contributed by atoms with Crippen LogP contribution in [-0.2, 0) is 11.8 Å². The molecule has 27 heavy (non-hydrogen) atoms. The lowest BCUT2D eigenvalue weighted by Gasteiger charge is -2.20. The third-order valence-electron chi connectivity index (χ3n) is 4.89. The lowest BCUT2D eigenvalue weighted by molar-refractivity contribution is 0.0588. The first kappa shape index (κ1) is 20.4. The van der Waals surface area contributed by atoms with Crippen LogP contribution in [0.3, 0.4) is 0 Å². The lowest BCUT2D eigenvalue weighted by Crippen LogP contribution is -2.35. The molecule has 0 radical (unpaired) electrons. The molecule has 0 spiro atoms.